The van der Waals surface area contributed by atoms with E-state index in [9.17, 15) is 9.50 Å². The first-order valence-corrected chi connectivity index (χ1v) is 6.31. The minimum Gasteiger partial charge on any atom is -0.507 e. The Labute approximate surface area is 107 Å². The van der Waals surface area contributed by atoms with E-state index < -0.39 is 5.82 Å². The van der Waals surface area contributed by atoms with Gasteiger partial charge in [0.05, 0.1) is 15.8 Å². The van der Waals surface area contributed by atoms with Gasteiger partial charge in [-0.1, -0.05) is 6.07 Å². The number of phenols is 1. The zero-order valence-corrected chi connectivity index (χ0v) is 10.5. The minimum absolute atomic E-state index is 0.0780. The molecule has 3 aromatic rings. The Kier molecular flexibility index (Phi) is 2.52. The minimum atomic E-state index is -0.451. The third kappa shape index (κ3) is 1.84. The molecule has 1 heterocycles. The van der Waals surface area contributed by atoms with Crippen LogP contribution in [0.4, 0.5) is 4.39 Å². The number of aromatic hydroxyl groups is 1. The molecular formula is C14H10FNOS. The van der Waals surface area contributed by atoms with Crippen LogP contribution in [0.1, 0.15) is 5.56 Å². The Bertz CT molecular complexity index is 736. The molecule has 0 saturated heterocycles. The van der Waals surface area contributed by atoms with Gasteiger partial charge in [0, 0.05) is 6.07 Å². The molecular weight excluding hydrogens is 249 g/mol. The van der Waals surface area contributed by atoms with Gasteiger partial charge in [-0.05, 0) is 36.8 Å². The second kappa shape index (κ2) is 4.07. The van der Waals surface area contributed by atoms with Crippen molar-refractivity contribution < 1.29 is 9.50 Å². The van der Waals surface area contributed by atoms with Crippen molar-refractivity contribution in [2.24, 2.45) is 0 Å². The van der Waals surface area contributed by atoms with Crippen LogP contribution < -0.4 is 0 Å². The van der Waals surface area contributed by atoms with Crippen molar-refractivity contribution in [1.29, 1.82) is 0 Å². The van der Waals surface area contributed by atoms with E-state index in [-0.39, 0.29) is 5.75 Å². The lowest BCUT2D eigenvalue weighted by molar-refractivity contribution is 0.471. The van der Waals surface area contributed by atoms with Crippen molar-refractivity contribution >= 4 is 21.6 Å². The van der Waals surface area contributed by atoms with Crippen LogP contribution in [-0.4, -0.2) is 10.1 Å². The van der Waals surface area contributed by atoms with Crippen LogP contribution in [-0.2, 0) is 0 Å². The molecule has 0 fully saturated rings. The number of halogens is 1. The van der Waals surface area contributed by atoms with Gasteiger partial charge >= 0.3 is 0 Å². The van der Waals surface area contributed by atoms with Gasteiger partial charge in [-0.25, -0.2) is 9.37 Å². The lowest BCUT2D eigenvalue weighted by atomic mass is 10.2. The first-order valence-electron chi connectivity index (χ1n) is 5.49. The molecule has 4 heteroatoms. The molecule has 0 aliphatic carbocycles. The van der Waals surface area contributed by atoms with Gasteiger partial charge in [-0.2, -0.15) is 0 Å². The molecule has 3 rings (SSSR count). The number of phenolic OH excluding ortho intramolecular Hbond substituents is 1. The Hall–Kier alpha value is -1.94. The second-order valence-corrected chi connectivity index (χ2v) is 5.18. The summed E-state index contributed by atoms with van der Waals surface area (Å²) in [5, 5.41) is 10.5. The number of rotatable bonds is 1. The summed E-state index contributed by atoms with van der Waals surface area (Å²) in [6.45, 7) is 2.02. The molecule has 0 radical (unpaired) electrons. The fraction of sp³-hybridized carbons (Fsp3) is 0.0714. The predicted molar refractivity (Wildman–Crippen MR) is 71.4 cm³/mol. The molecule has 0 saturated carbocycles. The number of nitrogens with zero attached hydrogens (tertiary/aromatic N) is 1. The average Bonchev–Trinajstić information content (AvgIpc) is 2.71. The summed E-state index contributed by atoms with van der Waals surface area (Å²) in [6, 6.07) is 9.98. The maximum absolute atomic E-state index is 12.9. The number of hydrogen-bond acceptors (Lipinski definition) is 3. The highest BCUT2D eigenvalue weighted by atomic mass is 32.1. The molecule has 18 heavy (non-hydrogen) atoms. The first-order chi connectivity index (χ1) is 8.63. The van der Waals surface area contributed by atoms with E-state index in [0.717, 1.165) is 16.3 Å². The second-order valence-electron chi connectivity index (χ2n) is 4.15. The molecule has 0 unspecified atom stereocenters. The normalized spacial score (nSPS) is 11.0. The Morgan fingerprint density at radius 2 is 2.00 bits per heavy atom. The SMILES string of the molecule is Cc1ccc2nc(-c3ccc(F)cc3O)sc2c1. The summed E-state index contributed by atoms with van der Waals surface area (Å²) in [7, 11) is 0. The lowest BCUT2D eigenvalue weighted by Gasteiger charge is -1.99. The molecule has 0 aliphatic heterocycles. The topological polar surface area (TPSA) is 33.1 Å². The molecule has 90 valence electrons. The molecule has 0 atom stereocenters. The summed E-state index contributed by atoms with van der Waals surface area (Å²) in [6.07, 6.45) is 0. The zero-order chi connectivity index (χ0) is 12.7. The van der Waals surface area contributed by atoms with Crippen molar-refractivity contribution in [3.05, 3.63) is 47.8 Å². The third-order valence-corrected chi connectivity index (χ3v) is 3.79. The van der Waals surface area contributed by atoms with E-state index in [0.29, 0.717) is 10.6 Å². The average molecular weight is 259 g/mol. The highest BCUT2D eigenvalue weighted by Crippen LogP contribution is 2.35. The number of aromatic nitrogens is 1. The molecule has 2 nitrogen and oxygen atoms in total. The van der Waals surface area contributed by atoms with Crippen LogP contribution in [0.5, 0.6) is 5.75 Å². The Morgan fingerprint density at radius 1 is 1.17 bits per heavy atom. The fourth-order valence-corrected chi connectivity index (χ4v) is 2.93. The van der Waals surface area contributed by atoms with Gasteiger partial charge in [0.2, 0.25) is 0 Å². The van der Waals surface area contributed by atoms with E-state index >= 15 is 0 Å². The van der Waals surface area contributed by atoms with Gasteiger partial charge in [0.1, 0.15) is 16.6 Å². The number of fused-ring (bicyclic) bond motifs is 1. The van der Waals surface area contributed by atoms with Crippen molar-refractivity contribution in [1.82, 2.24) is 4.98 Å². The Morgan fingerprint density at radius 3 is 2.78 bits per heavy atom. The molecule has 0 aliphatic rings. The highest BCUT2D eigenvalue weighted by Gasteiger charge is 2.11. The standard InChI is InChI=1S/C14H10FNOS/c1-8-2-5-11-13(6-8)18-14(16-11)10-4-3-9(15)7-12(10)17/h2-7,17H,1H3. The summed E-state index contributed by atoms with van der Waals surface area (Å²) < 4.78 is 14.0. The lowest BCUT2D eigenvalue weighted by Crippen LogP contribution is -1.79. The smallest absolute Gasteiger partial charge is 0.128 e. The predicted octanol–water partition coefficient (Wildman–Crippen LogP) is 4.12. The number of aryl methyl sites for hydroxylation is 1. The van der Waals surface area contributed by atoms with E-state index in [4.69, 9.17) is 0 Å². The summed E-state index contributed by atoms with van der Waals surface area (Å²) >= 11 is 1.49. The van der Waals surface area contributed by atoms with Crippen LogP contribution in [0.2, 0.25) is 0 Å². The van der Waals surface area contributed by atoms with Gasteiger partial charge in [0.15, 0.2) is 0 Å². The van der Waals surface area contributed by atoms with Crippen LogP contribution in [0.15, 0.2) is 36.4 Å². The zero-order valence-electron chi connectivity index (χ0n) is 9.64. The number of hydrogen-bond donors (Lipinski definition) is 1. The van der Waals surface area contributed by atoms with Crippen LogP contribution in [0.25, 0.3) is 20.8 Å². The third-order valence-electron chi connectivity index (χ3n) is 2.73. The van der Waals surface area contributed by atoms with Crippen LogP contribution in [0.3, 0.4) is 0 Å². The molecule has 0 amide bonds. The maximum atomic E-state index is 12.9. The molecule has 1 N–H and O–H groups in total. The van der Waals surface area contributed by atoms with Gasteiger partial charge in [0.25, 0.3) is 0 Å². The first kappa shape index (κ1) is 11.2. The molecule has 0 bridgehead atoms. The van der Waals surface area contributed by atoms with Gasteiger partial charge in [-0.3, -0.25) is 0 Å². The molecule has 1 aromatic heterocycles. The monoisotopic (exact) mass is 259 g/mol. The number of benzene rings is 2. The fourth-order valence-electron chi connectivity index (χ4n) is 1.83. The van der Waals surface area contributed by atoms with Crippen LogP contribution in [0, 0.1) is 12.7 Å². The van der Waals surface area contributed by atoms with E-state index in [1.165, 1.54) is 23.0 Å². The van der Waals surface area contributed by atoms with Gasteiger partial charge in [-0.15, -0.1) is 11.3 Å². The number of thiazole rings is 1. The van der Waals surface area contributed by atoms with Crippen molar-refractivity contribution in [2.75, 3.05) is 0 Å². The van der Waals surface area contributed by atoms with Crippen molar-refractivity contribution in [3.63, 3.8) is 0 Å². The van der Waals surface area contributed by atoms with E-state index in [1.807, 2.05) is 19.1 Å². The van der Waals surface area contributed by atoms with E-state index in [1.54, 1.807) is 6.07 Å². The summed E-state index contributed by atoms with van der Waals surface area (Å²) in [5.74, 6) is -0.529. The summed E-state index contributed by atoms with van der Waals surface area (Å²) in [4.78, 5) is 4.45. The Balaban J connectivity index is 2.19. The highest BCUT2D eigenvalue weighted by molar-refractivity contribution is 7.21. The van der Waals surface area contributed by atoms with Gasteiger partial charge < -0.3 is 5.11 Å². The van der Waals surface area contributed by atoms with Crippen LogP contribution >= 0.6 is 11.3 Å². The maximum Gasteiger partial charge on any atom is 0.128 e. The summed E-state index contributed by atoms with van der Waals surface area (Å²) in [5.41, 5.74) is 2.63. The largest absolute Gasteiger partial charge is 0.507 e. The van der Waals surface area contributed by atoms with Crippen molar-refractivity contribution in [3.8, 4) is 16.3 Å². The quantitative estimate of drug-likeness (QED) is 0.713. The van der Waals surface area contributed by atoms with E-state index in [2.05, 4.69) is 11.1 Å². The molecule has 2 aromatic carbocycles. The van der Waals surface area contributed by atoms with Crippen molar-refractivity contribution in [2.45, 2.75) is 6.92 Å². The molecule has 0 spiro atoms.